The van der Waals surface area contributed by atoms with Gasteiger partial charge in [0.2, 0.25) is 0 Å². The average Bonchev–Trinajstić information content (AvgIpc) is 3.07. The van der Waals surface area contributed by atoms with E-state index in [4.69, 9.17) is 10.5 Å². The number of hydrogen-bond acceptors (Lipinski definition) is 6. The van der Waals surface area contributed by atoms with E-state index in [0.717, 1.165) is 0 Å². The summed E-state index contributed by atoms with van der Waals surface area (Å²) >= 11 is 0. The highest BCUT2D eigenvalue weighted by Crippen LogP contribution is 2.23. The number of pyridine rings is 2. The van der Waals surface area contributed by atoms with E-state index in [9.17, 15) is 14.7 Å². The highest BCUT2D eigenvalue weighted by molar-refractivity contribution is 5.87. The number of aromatic carboxylic acids is 1. The zero-order valence-electron chi connectivity index (χ0n) is 12.9. The number of hydrogen-bond donors (Lipinski definition) is 2. The molecule has 0 saturated heterocycles. The molecule has 0 radical (unpaired) electrons. The van der Waals surface area contributed by atoms with E-state index in [2.05, 4.69) is 15.1 Å². The molecule has 3 rings (SSSR count). The second kappa shape index (κ2) is 6.79. The Bertz CT molecular complexity index is 906. The summed E-state index contributed by atoms with van der Waals surface area (Å²) in [4.78, 5) is 30.2. The summed E-state index contributed by atoms with van der Waals surface area (Å²) in [5.74, 6) is -1.37. The topological polar surface area (TPSA) is 133 Å². The van der Waals surface area contributed by atoms with Crippen LogP contribution in [0.15, 0.2) is 48.9 Å². The van der Waals surface area contributed by atoms with Gasteiger partial charge in [-0.15, -0.1) is 0 Å². The Kier molecular flexibility index (Phi) is 4.38. The molecule has 3 aromatic rings. The largest absolute Gasteiger partial charge is 0.482 e. The Hall–Kier alpha value is -3.75. The molecule has 25 heavy (non-hydrogen) atoms. The number of carbonyl (C=O) groups excluding carboxylic acids is 1. The van der Waals surface area contributed by atoms with Crippen molar-refractivity contribution in [3.63, 3.8) is 0 Å². The lowest BCUT2D eigenvalue weighted by molar-refractivity contribution is -0.119. The maximum Gasteiger partial charge on any atom is 0.356 e. The first-order chi connectivity index (χ1) is 12.0. The van der Waals surface area contributed by atoms with Gasteiger partial charge in [-0.05, 0) is 24.3 Å². The molecule has 3 aromatic heterocycles. The number of carbonyl (C=O) groups is 2. The van der Waals surface area contributed by atoms with Crippen LogP contribution < -0.4 is 10.5 Å². The molecule has 3 heterocycles. The molecule has 0 aliphatic heterocycles. The van der Waals surface area contributed by atoms with Gasteiger partial charge < -0.3 is 15.6 Å². The maximum absolute atomic E-state index is 11.3. The molecule has 0 atom stereocenters. The molecular weight excluding hydrogens is 326 g/mol. The predicted octanol–water partition coefficient (Wildman–Crippen LogP) is 0.892. The van der Waals surface area contributed by atoms with Crippen LogP contribution in [0.2, 0.25) is 0 Å². The molecule has 1 amide bonds. The minimum Gasteiger partial charge on any atom is -0.482 e. The van der Waals surface area contributed by atoms with E-state index in [0.29, 0.717) is 22.8 Å². The third-order valence-electron chi connectivity index (χ3n) is 3.20. The molecule has 0 saturated carbocycles. The Morgan fingerprint density at radius 3 is 2.68 bits per heavy atom. The molecule has 0 spiro atoms. The quantitative estimate of drug-likeness (QED) is 0.681. The molecule has 126 valence electrons. The van der Waals surface area contributed by atoms with Gasteiger partial charge in [0, 0.05) is 12.3 Å². The Balaban J connectivity index is 1.98. The number of rotatable bonds is 6. The number of nitrogens with zero attached hydrogens (tertiary/aromatic N) is 4. The van der Waals surface area contributed by atoms with Gasteiger partial charge in [0.05, 0.1) is 29.5 Å². The number of primary amides is 1. The number of amides is 1. The fraction of sp³-hybridized carbons (Fsp3) is 0.0625. The highest BCUT2D eigenvalue weighted by atomic mass is 16.5. The van der Waals surface area contributed by atoms with Crippen LogP contribution in [0.25, 0.3) is 17.1 Å². The Morgan fingerprint density at radius 1 is 1.24 bits per heavy atom. The van der Waals surface area contributed by atoms with Gasteiger partial charge in [-0.2, -0.15) is 5.10 Å². The van der Waals surface area contributed by atoms with Crippen LogP contribution in [0, 0.1) is 0 Å². The molecule has 0 bridgehead atoms. The molecular formula is C16H13N5O4. The van der Waals surface area contributed by atoms with Crippen molar-refractivity contribution in [1.82, 2.24) is 19.7 Å². The maximum atomic E-state index is 11.3. The van der Waals surface area contributed by atoms with Crippen LogP contribution in [0.4, 0.5) is 0 Å². The van der Waals surface area contributed by atoms with Crippen LogP contribution in [0.3, 0.4) is 0 Å². The molecule has 0 aromatic carbocycles. The number of nitrogens with two attached hydrogens (primary N) is 1. The van der Waals surface area contributed by atoms with Crippen molar-refractivity contribution in [3.05, 3.63) is 54.6 Å². The lowest BCUT2D eigenvalue weighted by Gasteiger charge is -2.07. The lowest BCUT2D eigenvalue weighted by atomic mass is 10.2. The van der Waals surface area contributed by atoms with E-state index >= 15 is 0 Å². The van der Waals surface area contributed by atoms with Crippen LogP contribution in [-0.2, 0) is 4.79 Å². The van der Waals surface area contributed by atoms with E-state index in [1.165, 1.54) is 16.9 Å². The second-order valence-electron chi connectivity index (χ2n) is 4.98. The summed E-state index contributed by atoms with van der Waals surface area (Å²) in [6.45, 7) is -0.252. The number of carboxylic acids is 1. The zero-order valence-corrected chi connectivity index (χ0v) is 12.9. The van der Waals surface area contributed by atoms with Crippen LogP contribution in [-0.4, -0.2) is 43.3 Å². The third-order valence-corrected chi connectivity index (χ3v) is 3.20. The van der Waals surface area contributed by atoms with Crippen LogP contribution in [0.1, 0.15) is 10.5 Å². The normalized spacial score (nSPS) is 10.4. The molecule has 0 unspecified atom stereocenters. The van der Waals surface area contributed by atoms with Gasteiger partial charge in [-0.25, -0.2) is 9.48 Å². The van der Waals surface area contributed by atoms with E-state index < -0.39 is 11.9 Å². The summed E-state index contributed by atoms with van der Waals surface area (Å²) < 4.78 is 6.60. The van der Waals surface area contributed by atoms with Gasteiger partial charge in [0.25, 0.3) is 5.91 Å². The SMILES string of the molecule is NC(=O)COc1ccc(-c2cc(C(=O)O)nn2-c2cccnc2)nc1. The monoisotopic (exact) mass is 339 g/mol. The van der Waals surface area contributed by atoms with Gasteiger partial charge in [0.1, 0.15) is 5.75 Å². The summed E-state index contributed by atoms with van der Waals surface area (Å²) in [6.07, 6.45) is 4.58. The fourth-order valence-electron chi connectivity index (χ4n) is 2.12. The number of carboxylic acid groups (broad SMARTS) is 1. The van der Waals surface area contributed by atoms with Gasteiger partial charge in [0.15, 0.2) is 12.3 Å². The molecule has 0 aliphatic rings. The van der Waals surface area contributed by atoms with E-state index in [-0.39, 0.29) is 12.3 Å². The van der Waals surface area contributed by atoms with Crippen molar-refractivity contribution < 1.29 is 19.4 Å². The highest BCUT2D eigenvalue weighted by Gasteiger charge is 2.17. The van der Waals surface area contributed by atoms with Crippen LogP contribution in [0.5, 0.6) is 5.75 Å². The first-order valence-electron chi connectivity index (χ1n) is 7.16. The van der Waals surface area contributed by atoms with Crippen LogP contribution >= 0.6 is 0 Å². The van der Waals surface area contributed by atoms with Crippen molar-refractivity contribution >= 4 is 11.9 Å². The van der Waals surface area contributed by atoms with Gasteiger partial charge >= 0.3 is 5.97 Å². The second-order valence-corrected chi connectivity index (χ2v) is 4.98. The molecule has 9 nitrogen and oxygen atoms in total. The first-order valence-corrected chi connectivity index (χ1v) is 7.16. The summed E-state index contributed by atoms with van der Waals surface area (Å²) in [5.41, 5.74) is 6.46. The zero-order chi connectivity index (χ0) is 17.8. The standard InChI is InChI=1S/C16H13N5O4/c17-15(22)9-25-11-3-4-12(19-8-11)14-6-13(16(23)24)20-21(14)10-2-1-5-18-7-10/h1-8H,9H2,(H2,17,22)(H,23,24). The van der Waals surface area contributed by atoms with Crippen molar-refractivity contribution in [2.45, 2.75) is 0 Å². The number of ether oxygens (including phenoxy) is 1. The third kappa shape index (κ3) is 3.61. The number of aromatic nitrogens is 4. The van der Waals surface area contributed by atoms with Gasteiger partial charge in [-0.1, -0.05) is 0 Å². The van der Waals surface area contributed by atoms with Crippen molar-refractivity contribution in [3.8, 4) is 22.8 Å². The Morgan fingerprint density at radius 2 is 2.08 bits per heavy atom. The first kappa shape index (κ1) is 16.1. The van der Waals surface area contributed by atoms with E-state index in [1.807, 2.05) is 0 Å². The Labute approximate surface area is 141 Å². The minimum absolute atomic E-state index is 0.116. The predicted molar refractivity (Wildman–Crippen MR) is 86.2 cm³/mol. The van der Waals surface area contributed by atoms with Crippen molar-refractivity contribution in [2.24, 2.45) is 5.73 Å². The summed E-state index contributed by atoms with van der Waals surface area (Å²) in [6, 6.07) is 8.12. The molecule has 3 N–H and O–H groups in total. The van der Waals surface area contributed by atoms with Crippen molar-refractivity contribution in [2.75, 3.05) is 6.61 Å². The minimum atomic E-state index is -1.15. The van der Waals surface area contributed by atoms with Crippen molar-refractivity contribution in [1.29, 1.82) is 0 Å². The molecule has 9 heteroatoms. The lowest BCUT2D eigenvalue weighted by Crippen LogP contribution is -2.20. The average molecular weight is 339 g/mol. The molecule has 0 fully saturated rings. The summed E-state index contributed by atoms with van der Waals surface area (Å²) in [5, 5.41) is 13.3. The summed E-state index contributed by atoms with van der Waals surface area (Å²) in [7, 11) is 0. The molecule has 0 aliphatic carbocycles. The smallest absolute Gasteiger partial charge is 0.356 e. The van der Waals surface area contributed by atoms with Gasteiger partial charge in [-0.3, -0.25) is 14.8 Å². The fourth-order valence-corrected chi connectivity index (χ4v) is 2.12. The van der Waals surface area contributed by atoms with E-state index in [1.54, 1.807) is 36.7 Å².